The maximum atomic E-state index is 13.0. The second kappa shape index (κ2) is 12.8. The minimum absolute atomic E-state index is 0.124. The molecule has 0 aliphatic carbocycles. The maximum absolute atomic E-state index is 13.0. The summed E-state index contributed by atoms with van der Waals surface area (Å²) in [4.78, 5) is 23.9. The van der Waals surface area contributed by atoms with Crippen molar-refractivity contribution in [1.29, 1.82) is 0 Å². The molecule has 1 atom stereocenters. The third-order valence-electron chi connectivity index (χ3n) is 6.65. The van der Waals surface area contributed by atoms with Gasteiger partial charge in [-0.2, -0.15) is 18.2 Å². The molecule has 1 saturated heterocycles. The number of methoxy groups -OCH3 is 3. The smallest absolute Gasteiger partial charge is 0.416 e. The molecule has 3 aromatic rings. The summed E-state index contributed by atoms with van der Waals surface area (Å²) in [6.07, 6.45) is -0.927. The van der Waals surface area contributed by atoms with Gasteiger partial charge in [-0.25, -0.2) is 4.98 Å². The van der Waals surface area contributed by atoms with E-state index in [-0.39, 0.29) is 18.4 Å². The molecular weight excluding hydrogens is 527 g/mol. The van der Waals surface area contributed by atoms with Crippen LogP contribution in [0.2, 0.25) is 0 Å². The van der Waals surface area contributed by atoms with Crippen LogP contribution in [0, 0.1) is 5.92 Å². The van der Waals surface area contributed by atoms with E-state index in [1.165, 1.54) is 27.4 Å². The van der Waals surface area contributed by atoms with Crippen LogP contribution in [0.25, 0.3) is 0 Å². The predicted octanol–water partition coefficient (Wildman–Crippen LogP) is 4.84. The quantitative estimate of drug-likeness (QED) is 0.364. The normalized spacial score (nSPS) is 15.3. The SMILES string of the molecule is COc1cc(Nc2nccc(N3CCC[C@H](C(=O)NCCc4cccc(C(F)(F)F)c4)C3)n2)cc(OC)c1OC. The molecule has 1 aliphatic rings. The van der Waals surface area contributed by atoms with Gasteiger partial charge in [-0.15, -0.1) is 0 Å². The largest absolute Gasteiger partial charge is 0.493 e. The maximum Gasteiger partial charge on any atom is 0.416 e. The first-order valence-corrected chi connectivity index (χ1v) is 12.8. The Kier molecular flexibility index (Phi) is 9.18. The van der Waals surface area contributed by atoms with Crippen molar-refractivity contribution >= 4 is 23.4 Å². The lowest BCUT2D eigenvalue weighted by atomic mass is 9.97. The van der Waals surface area contributed by atoms with Gasteiger partial charge in [0.25, 0.3) is 0 Å². The Morgan fingerprint density at radius 1 is 1.07 bits per heavy atom. The number of hydrogen-bond acceptors (Lipinski definition) is 8. The van der Waals surface area contributed by atoms with Crippen LogP contribution in [0.1, 0.15) is 24.0 Å². The first kappa shape index (κ1) is 28.8. The number of benzene rings is 2. The highest BCUT2D eigenvalue weighted by atomic mass is 19.4. The number of hydrogen-bond donors (Lipinski definition) is 2. The summed E-state index contributed by atoms with van der Waals surface area (Å²) in [7, 11) is 4.60. The van der Waals surface area contributed by atoms with Crippen molar-refractivity contribution in [3.63, 3.8) is 0 Å². The topological polar surface area (TPSA) is 97.8 Å². The monoisotopic (exact) mass is 559 g/mol. The first-order chi connectivity index (χ1) is 19.2. The Morgan fingerprint density at radius 3 is 2.50 bits per heavy atom. The second-order valence-corrected chi connectivity index (χ2v) is 9.30. The standard InChI is InChI=1S/C28H32F3N5O4/c1-38-22-15-21(16-23(39-2)25(22)40-3)34-27-33-12-10-24(35-27)36-13-5-7-19(17-36)26(37)32-11-9-18-6-4-8-20(14-18)28(29,30)31/h4,6,8,10,12,14-16,19H,5,7,9,11,13,17H2,1-3H3,(H,32,37)(H,33,34,35)/t19-/m0/s1. The molecule has 0 spiro atoms. The van der Waals surface area contributed by atoms with Crippen molar-refractivity contribution in [3.8, 4) is 17.2 Å². The van der Waals surface area contributed by atoms with Gasteiger partial charge >= 0.3 is 6.18 Å². The molecule has 1 amide bonds. The number of nitrogens with zero attached hydrogens (tertiary/aromatic N) is 3. The molecule has 0 unspecified atom stereocenters. The number of carbonyl (C=O) groups excluding carboxylic acids is 1. The van der Waals surface area contributed by atoms with Crippen LogP contribution in [0.5, 0.6) is 17.2 Å². The zero-order chi connectivity index (χ0) is 28.7. The fourth-order valence-corrected chi connectivity index (χ4v) is 4.64. The fraction of sp³-hybridized carbons (Fsp3) is 0.393. The minimum atomic E-state index is -4.39. The predicted molar refractivity (Wildman–Crippen MR) is 145 cm³/mol. The van der Waals surface area contributed by atoms with E-state index in [4.69, 9.17) is 14.2 Å². The number of nitrogens with one attached hydrogen (secondary N) is 2. The molecule has 2 N–H and O–H groups in total. The lowest BCUT2D eigenvalue weighted by Gasteiger charge is -2.33. The van der Waals surface area contributed by atoms with E-state index in [0.717, 1.165) is 25.1 Å². The molecule has 2 heterocycles. The Hall–Kier alpha value is -4.22. The molecule has 0 saturated carbocycles. The van der Waals surface area contributed by atoms with Crippen molar-refractivity contribution in [2.45, 2.75) is 25.4 Å². The Balaban J connectivity index is 1.37. The number of ether oxygens (including phenoxy) is 3. The number of amides is 1. The second-order valence-electron chi connectivity index (χ2n) is 9.30. The number of carbonyl (C=O) groups is 1. The van der Waals surface area contributed by atoms with Crippen molar-refractivity contribution < 1.29 is 32.2 Å². The zero-order valence-electron chi connectivity index (χ0n) is 22.5. The van der Waals surface area contributed by atoms with E-state index in [9.17, 15) is 18.0 Å². The number of piperidine rings is 1. The van der Waals surface area contributed by atoms with Gasteiger partial charge in [0.2, 0.25) is 17.6 Å². The highest BCUT2D eigenvalue weighted by Crippen LogP contribution is 2.40. The van der Waals surface area contributed by atoms with Gasteiger partial charge in [0.05, 0.1) is 32.8 Å². The number of alkyl halides is 3. The van der Waals surface area contributed by atoms with E-state index in [1.54, 1.807) is 30.5 Å². The zero-order valence-corrected chi connectivity index (χ0v) is 22.5. The van der Waals surface area contributed by atoms with Crippen LogP contribution in [-0.4, -0.2) is 56.8 Å². The Bertz CT molecular complexity index is 1300. The van der Waals surface area contributed by atoms with Gasteiger partial charge in [0, 0.05) is 43.7 Å². The van der Waals surface area contributed by atoms with Gasteiger partial charge in [-0.1, -0.05) is 18.2 Å². The van der Waals surface area contributed by atoms with Crippen LogP contribution >= 0.6 is 0 Å². The summed E-state index contributed by atoms with van der Waals surface area (Å²) in [6, 6.07) is 10.4. The molecule has 9 nitrogen and oxygen atoms in total. The van der Waals surface area contributed by atoms with E-state index in [1.807, 2.05) is 4.90 Å². The molecular formula is C28H32F3N5O4. The van der Waals surface area contributed by atoms with Gasteiger partial charge in [-0.3, -0.25) is 4.79 Å². The molecule has 1 aliphatic heterocycles. The number of rotatable bonds is 10. The summed E-state index contributed by atoms with van der Waals surface area (Å²) in [5.41, 5.74) is 0.472. The molecule has 214 valence electrons. The van der Waals surface area contributed by atoms with Crippen molar-refractivity contribution in [3.05, 3.63) is 59.8 Å². The lowest BCUT2D eigenvalue weighted by Crippen LogP contribution is -2.43. The highest BCUT2D eigenvalue weighted by Gasteiger charge is 2.30. The highest BCUT2D eigenvalue weighted by molar-refractivity contribution is 5.79. The Labute approximate surface area is 230 Å². The Morgan fingerprint density at radius 2 is 1.82 bits per heavy atom. The number of halogens is 3. The molecule has 1 fully saturated rings. The van der Waals surface area contributed by atoms with Gasteiger partial charge in [-0.05, 0) is 37.0 Å². The van der Waals surface area contributed by atoms with Crippen LogP contribution in [0.15, 0.2) is 48.7 Å². The van der Waals surface area contributed by atoms with E-state index < -0.39 is 11.7 Å². The number of aromatic nitrogens is 2. The number of anilines is 3. The van der Waals surface area contributed by atoms with Gasteiger partial charge in [0.15, 0.2) is 11.5 Å². The summed E-state index contributed by atoms with van der Waals surface area (Å²) in [5.74, 6) is 2.08. The van der Waals surface area contributed by atoms with Gasteiger partial charge < -0.3 is 29.7 Å². The van der Waals surface area contributed by atoms with Crippen molar-refractivity contribution in [1.82, 2.24) is 15.3 Å². The summed E-state index contributed by atoms with van der Waals surface area (Å²) in [6.45, 7) is 1.46. The van der Waals surface area contributed by atoms with E-state index >= 15 is 0 Å². The third kappa shape index (κ3) is 7.04. The van der Waals surface area contributed by atoms with E-state index in [0.29, 0.717) is 59.7 Å². The van der Waals surface area contributed by atoms with Crippen molar-refractivity contribution in [2.75, 3.05) is 51.2 Å². The molecule has 4 rings (SSSR count). The molecule has 0 bridgehead atoms. The summed E-state index contributed by atoms with van der Waals surface area (Å²) < 4.78 is 55.1. The molecule has 0 radical (unpaired) electrons. The van der Waals surface area contributed by atoms with Crippen LogP contribution in [-0.2, 0) is 17.4 Å². The van der Waals surface area contributed by atoms with Crippen molar-refractivity contribution in [2.24, 2.45) is 5.92 Å². The fourth-order valence-electron chi connectivity index (χ4n) is 4.64. The third-order valence-corrected chi connectivity index (χ3v) is 6.65. The molecule has 12 heteroatoms. The summed E-state index contributed by atoms with van der Waals surface area (Å²) in [5, 5.41) is 6.04. The van der Waals surface area contributed by atoms with Crippen LogP contribution in [0.3, 0.4) is 0 Å². The lowest BCUT2D eigenvalue weighted by molar-refractivity contribution is -0.137. The first-order valence-electron chi connectivity index (χ1n) is 12.8. The van der Waals surface area contributed by atoms with Crippen LogP contribution in [0.4, 0.5) is 30.6 Å². The average Bonchev–Trinajstić information content (AvgIpc) is 2.96. The molecule has 40 heavy (non-hydrogen) atoms. The minimum Gasteiger partial charge on any atom is -0.493 e. The van der Waals surface area contributed by atoms with Gasteiger partial charge in [0.1, 0.15) is 5.82 Å². The van der Waals surface area contributed by atoms with Crippen LogP contribution < -0.4 is 29.7 Å². The average molecular weight is 560 g/mol. The van der Waals surface area contributed by atoms with E-state index in [2.05, 4.69) is 20.6 Å². The molecule has 2 aromatic carbocycles. The molecule has 1 aromatic heterocycles. The summed E-state index contributed by atoms with van der Waals surface area (Å²) >= 11 is 0.